The highest BCUT2D eigenvalue weighted by Crippen LogP contribution is 2.29. The molecule has 1 aliphatic heterocycles. The van der Waals surface area contributed by atoms with Crippen LogP contribution in [0.15, 0.2) is 24.4 Å². The summed E-state index contributed by atoms with van der Waals surface area (Å²) in [7, 11) is 1.44. The van der Waals surface area contributed by atoms with Crippen LogP contribution in [-0.4, -0.2) is 84.0 Å². The molecule has 226 valence electrons. The number of pyridine rings is 2. The van der Waals surface area contributed by atoms with Crippen LogP contribution in [0.25, 0.3) is 0 Å². The van der Waals surface area contributed by atoms with E-state index in [0.717, 1.165) is 62.4 Å². The number of anilines is 1. The lowest BCUT2D eigenvalue weighted by Crippen LogP contribution is -2.50. The largest absolute Gasteiger partial charge is 0.480 e. The number of rotatable bonds is 16. The zero-order valence-corrected chi connectivity index (χ0v) is 24.6. The third kappa shape index (κ3) is 9.31. The fourth-order valence-electron chi connectivity index (χ4n) is 4.81. The van der Waals surface area contributed by atoms with Gasteiger partial charge in [-0.2, -0.15) is 0 Å². The quantitative estimate of drug-likeness (QED) is 0.196. The first-order valence-electron chi connectivity index (χ1n) is 13.9. The summed E-state index contributed by atoms with van der Waals surface area (Å²) in [6, 6.07) is 4.08. The number of aromatic nitrogens is 2. The highest BCUT2D eigenvalue weighted by Gasteiger charge is 2.35. The van der Waals surface area contributed by atoms with Crippen LogP contribution in [0.1, 0.15) is 56.4 Å². The Morgan fingerprint density at radius 1 is 1.29 bits per heavy atom. The Morgan fingerprint density at radius 3 is 2.78 bits per heavy atom. The first kappa shape index (κ1) is 32.6. The van der Waals surface area contributed by atoms with Gasteiger partial charge in [0, 0.05) is 38.0 Å². The average Bonchev–Trinajstić information content (AvgIpc) is 2.96. The van der Waals surface area contributed by atoms with E-state index in [9.17, 15) is 23.5 Å². The van der Waals surface area contributed by atoms with E-state index in [2.05, 4.69) is 27.8 Å². The van der Waals surface area contributed by atoms with E-state index in [1.165, 1.54) is 26.5 Å². The first-order valence-corrected chi connectivity index (χ1v) is 14.3. The monoisotopic (exact) mass is 595 g/mol. The number of carbonyl (C=O) groups is 2. The molecular weight excluding hydrogens is 556 g/mol. The first-order chi connectivity index (χ1) is 19.5. The highest BCUT2D eigenvalue weighted by molar-refractivity contribution is 6.30. The van der Waals surface area contributed by atoms with Gasteiger partial charge in [-0.15, -0.1) is 0 Å². The van der Waals surface area contributed by atoms with Crippen molar-refractivity contribution in [2.75, 3.05) is 45.3 Å². The molecule has 12 heteroatoms. The number of methoxy groups -OCH3 is 1. The Morgan fingerprint density at radius 2 is 2.07 bits per heavy atom. The van der Waals surface area contributed by atoms with E-state index in [4.69, 9.17) is 21.3 Å². The summed E-state index contributed by atoms with van der Waals surface area (Å²) in [5.74, 6) is -1.53. The number of alkyl halides is 1. The van der Waals surface area contributed by atoms with Gasteiger partial charge in [-0.25, -0.2) is 23.5 Å². The van der Waals surface area contributed by atoms with Crippen molar-refractivity contribution >= 4 is 29.3 Å². The lowest BCUT2D eigenvalue weighted by molar-refractivity contribution is -0.143. The number of halogens is 3. The average molecular weight is 596 g/mol. The number of unbranched alkanes of at least 4 members (excludes halogenated alkanes) is 1. The number of carboxylic acids is 1. The second-order valence-corrected chi connectivity index (χ2v) is 11.2. The molecule has 0 radical (unpaired) electrons. The van der Waals surface area contributed by atoms with Gasteiger partial charge in [-0.3, -0.25) is 4.79 Å². The van der Waals surface area contributed by atoms with Gasteiger partial charge in [0.05, 0.1) is 17.7 Å². The second kappa shape index (κ2) is 15.4. The van der Waals surface area contributed by atoms with Gasteiger partial charge >= 0.3 is 5.97 Å². The summed E-state index contributed by atoms with van der Waals surface area (Å²) in [6.45, 7) is 4.47. The number of carbonyl (C=O) groups excluding carboxylic acids is 1. The number of hydrogen-bond acceptors (Lipinski definition) is 7. The van der Waals surface area contributed by atoms with Gasteiger partial charge in [0.2, 0.25) is 5.91 Å². The van der Waals surface area contributed by atoms with Crippen molar-refractivity contribution in [2.45, 2.75) is 69.9 Å². The summed E-state index contributed by atoms with van der Waals surface area (Å²) in [6.07, 6.45) is 4.94. The maximum atomic E-state index is 13.8. The van der Waals surface area contributed by atoms with Gasteiger partial charge in [0.25, 0.3) is 0 Å². The fourth-order valence-corrected chi connectivity index (χ4v) is 5.15. The fraction of sp³-hybridized carbons (Fsp3) is 0.586. The second-order valence-electron chi connectivity index (χ2n) is 10.9. The molecule has 1 aliphatic rings. The highest BCUT2D eigenvalue weighted by atomic mass is 35.5. The number of fused-ring (bicyclic) bond motifs is 1. The molecule has 3 N–H and O–H groups in total. The topological polar surface area (TPSA) is 117 Å². The summed E-state index contributed by atoms with van der Waals surface area (Å²) in [4.78, 5) is 35.6. The summed E-state index contributed by atoms with van der Waals surface area (Å²) in [5, 5.41) is 15.7. The Hall–Kier alpha value is -2.89. The number of nitrogens with one attached hydrogen (secondary N) is 2. The number of ether oxygens (including phenoxy) is 1. The van der Waals surface area contributed by atoms with Crippen LogP contribution in [0.3, 0.4) is 0 Å². The van der Waals surface area contributed by atoms with E-state index in [-0.39, 0.29) is 23.7 Å². The molecule has 0 saturated carbocycles. The van der Waals surface area contributed by atoms with Crippen LogP contribution in [-0.2, 0) is 32.6 Å². The third-order valence-electron chi connectivity index (χ3n) is 7.46. The van der Waals surface area contributed by atoms with Crippen molar-refractivity contribution in [3.05, 3.63) is 52.2 Å². The molecule has 0 fully saturated rings. The molecule has 0 aliphatic carbocycles. The molecule has 1 amide bonds. The Labute approximate surface area is 245 Å². The normalized spacial score (nSPS) is 14.7. The number of aliphatic carboxylic acids is 1. The minimum absolute atomic E-state index is 0.0386. The molecule has 2 unspecified atom stereocenters. The smallest absolute Gasteiger partial charge is 0.326 e. The van der Waals surface area contributed by atoms with E-state index >= 15 is 0 Å². The zero-order chi connectivity index (χ0) is 30.0. The van der Waals surface area contributed by atoms with Crippen molar-refractivity contribution in [3.63, 3.8) is 0 Å². The summed E-state index contributed by atoms with van der Waals surface area (Å²) < 4.78 is 32.5. The lowest BCUT2D eigenvalue weighted by Gasteiger charge is -2.29. The molecule has 9 nitrogen and oxygen atoms in total. The Balaban J connectivity index is 1.59. The van der Waals surface area contributed by atoms with Crippen LogP contribution < -0.4 is 10.6 Å². The molecule has 41 heavy (non-hydrogen) atoms. The van der Waals surface area contributed by atoms with E-state index in [0.29, 0.717) is 13.1 Å². The summed E-state index contributed by atoms with van der Waals surface area (Å²) in [5.41, 5.74) is 1.06. The van der Waals surface area contributed by atoms with E-state index in [1.54, 1.807) is 0 Å². The van der Waals surface area contributed by atoms with E-state index < -0.39 is 41.9 Å². The van der Waals surface area contributed by atoms with E-state index in [1.807, 2.05) is 4.90 Å². The van der Waals surface area contributed by atoms with Crippen molar-refractivity contribution in [1.82, 2.24) is 20.2 Å². The van der Waals surface area contributed by atoms with Gasteiger partial charge in [0.1, 0.15) is 29.5 Å². The minimum Gasteiger partial charge on any atom is -0.480 e. The molecule has 0 spiro atoms. The molecule has 2 aromatic heterocycles. The van der Waals surface area contributed by atoms with Crippen LogP contribution in [0.2, 0.25) is 5.15 Å². The van der Waals surface area contributed by atoms with Gasteiger partial charge in [-0.05, 0) is 76.6 Å². The standard InChI is InChI=1S/C29H40ClF2N5O4/c1-29(2,23-15-20(32)17-34-25(23)30)28(40)36-24(27(38)39)11-14-37(18-22(16-31)41-3)13-5-4-8-21-10-9-19-7-6-12-33-26(19)35-21/h9-10,15,17,22,24H,4-8,11-14,16,18H2,1-3H3,(H,33,35)(H,36,40)(H,38,39). The molecule has 0 aromatic carbocycles. The number of aryl methyl sites for hydroxylation is 2. The number of hydrogen-bond donors (Lipinski definition) is 3. The van der Waals surface area contributed by atoms with Crippen LogP contribution in [0.5, 0.6) is 0 Å². The molecule has 3 rings (SSSR count). The molecule has 3 heterocycles. The van der Waals surface area contributed by atoms with Gasteiger partial charge < -0.3 is 25.4 Å². The molecule has 2 atom stereocenters. The van der Waals surface area contributed by atoms with Crippen molar-refractivity contribution in [2.24, 2.45) is 0 Å². The zero-order valence-electron chi connectivity index (χ0n) is 23.9. The van der Waals surface area contributed by atoms with Crippen molar-refractivity contribution < 1.29 is 28.2 Å². The number of nitrogens with zero attached hydrogens (tertiary/aromatic N) is 3. The molecular formula is C29H40ClF2N5O4. The third-order valence-corrected chi connectivity index (χ3v) is 7.76. The maximum absolute atomic E-state index is 13.8. The lowest BCUT2D eigenvalue weighted by atomic mass is 9.84. The van der Waals surface area contributed by atoms with Crippen molar-refractivity contribution in [1.29, 1.82) is 0 Å². The number of amides is 1. The van der Waals surface area contributed by atoms with Crippen molar-refractivity contribution in [3.8, 4) is 0 Å². The van der Waals surface area contributed by atoms with Crippen LogP contribution >= 0.6 is 11.6 Å². The Bertz CT molecular complexity index is 1180. The SMILES string of the molecule is COC(CF)CN(CCCCc1ccc2c(n1)NCCC2)CCC(NC(=O)C(C)(C)c1cc(F)cnc1Cl)C(=O)O. The van der Waals surface area contributed by atoms with Gasteiger partial charge in [-0.1, -0.05) is 17.7 Å². The molecule has 2 aromatic rings. The van der Waals surface area contributed by atoms with Crippen LogP contribution in [0, 0.1) is 5.82 Å². The Kier molecular flexibility index (Phi) is 12.2. The number of carboxylic acid groups (broad SMARTS) is 1. The molecule has 0 bridgehead atoms. The predicted octanol–water partition coefficient (Wildman–Crippen LogP) is 4.17. The molecule has 0 saturated heterocycles. The predicted molar refractivity (Wildman–Crippen MR) is 154 cm³/mol. The van der Waals surface area contributed by atoms with Gasteiger partial charge in [0.15, 0.2) is 0 Å². The maximum Gasteiger partial charge on any atom is 0.326 e. The summed E-state index contributed by atoms with van der Waals surface area (Å²) >= 11 is 6.10. The minimum atomic E-state index is -1.34. The van der Waals surface area contributed by atoms with Crippen LogP contribution in [0.4, 0.5) is 14.6 Å².